The lowest BCUT2D eigenvalue weighted by atomic mass is 9.49. The molecule has 78 valence electrons. The van der Waals surface area contributed by atoms with Gasteiger partial charge in [0.2, 0.25) is 0 Å². The Bertz CT molecular complexity index is 286. The van der Waals surface area contributed by atoms with Gasteiger partial charge in [-0.1, -0.05) is 15.9 Å². The molecule has 3 heteroatoms. The van der Waals surface area contributed by atoms with Gasteiger partial charge in [-0.25, -0.2) is 0 Å². The molecule has 2 atom stereocenters. The summed E-state index contributed by atoms with van der Waals surface area (Å²) in [5.74, 6) is 0.800. The lowest BCUT2D eigenvalue weighted by Crippen LogP contribution is -2.55. The maximum atomic E-state index is 11.4. The first-order valence-electron chi connectivity index (χ1n) is 5.44. The molecule has 0 aliphatic heterocycles. The SMILES string of the molecule is O=C(O)C12C[C@H]3C[C@@H](CC(Br)(C3)C1)C2. The minimum Gasteiger partial charge on any atom is -0.481 e. The summed E-state index contributed by atoms with van der Waals surface area (Å²) >= 11 is 3.80. The maximum absolute atomic E-state index is 11.4. The lowest BCUT2D eigenvalue weighted by molar-refractivity contribution is -0.162. The van der Waals surface area contributed by atoms with Crippen molar-refractivity contribution in [1.82, 2.24) is 0 Å². The number of carboxylic acids is 1. The summed E-state index contributed by atoms with van der Waals surface area (Å²) in [6, 6.07) is 0. The summed E-state index contributed by atoms with van der Waals surface area (Å²) in [7, 11) is 0. The fourth-order valence-corrected chi connectivity index (χ4v) is 5.85. The molecule has 0 radical (unpaired) electrons. The average Bonchev–Trinajstić information content (AvgIpc) is 1.98. The summed E-state index contributed by atoms with van der Waals surface area (Å²) in [6.45, 7) is 0. The number of alkyl halides is 1. The van der Waals surface area contributed by atoms with E-state index < -0.39 is 5.97 Å². The molecule has 0 unspecified atom stereocenters. The Kier molecular flexibility index (Phi) is 1.67. The van der Waals surface area contributed by atoms with Crippen LogP contribution in [0.1, 0.15) is 38.5 Å². The Labute approximate surface area is 92.2 Å². The molecular formula is C11H15BrO2. The van der Waals surface area contributed by atoms with E-state index in [0.717, 1.165) is 19.3 Å². The van der Waals surface area contributed by atoms with Crippen molar-refractivity contribution >= 4 is 21.9 Å². The molecule has 0 saturated heterocycles. The second kappa shape index (κ2) is 2.55. The van der Waals surface area contributed by atoms with E-state index >= 15 is 0 Å². The molecule has 4 aliphatic rings. The van der Waals surface area contributed by atoms with E-state index in [1.165, 1.54) is 19.3 Å². The van der Waals surface area contributed by atoms with E-state index in [2.05, 4.69) is 15.9 Å². The molecule has 0 aromatic carbocycles. The molecule has 0 aromatic rings. The van der Waals surface area contributed by atoms with E-state index in [9.17, 15) is 9.90 Å². The zero-order chi connectivity index (χ0) is 9.97. The van der Waals surface area contributed by atoms with Crippen molar-refractivity contribution < 1.29 is 9.90 Å². The topological polar surface area (TPSA) is 37.3 Å². The van der Waals surface area contributed by atoms with Crippen molar-refractivity contribution in [3.8, 4) is 0 Å². The highest BCUT2D eigenvalue weighted by Crippen LogP contribution is 2.64. The third kappa shape index (κ3) is 1.11. The predicted octanol–water partition coefficient (Wildman–Crippen LogP) is 2.80. The van der Waals surface area contributed by atoms with Crippen LogP contribution in [0, 0.1) is 17.3 Å². The van der Waals surface area contributed by atoms with Crippen molar-refractivity contribution in [1.29, 1.82) is 0 Å². The molecule has 4 fully saturated rings. The van der Waals surface area contributed by atoms with Crippen LogP contribution in [0.2, 0.25) is 0 Å². The van der Waals surface area contributed by atoms with E-state index in [-0.39, 0.29) is 9.74 Å². The van der Waals surface area contributed by atoms with Gasteiger partial charge in [0.25, 0.3) is 0 Å². The first-order valence-corrected chi connectivity index (χ1v) is 6.23. The minimum atomic E-state index is -0.546. The number of rotatable bonds is 1. The summed E-state index contributed by atoms with van der Waals surface area (Å²) in [5, 5.41) is 9.37. The van der Waals surface area contributed by atoms with E-state index in [0.29, 0.717) is 11.8 Å². The first-order chi connectivity index (χ1) is 6.51. The van der Waals surface area contributed by atoms with Gasteiger partial charge in [0.05, 0.1) is 5.41 Å². The third-order valence-corrected chi connectivity index (χ3v) is 5.37. The van der Waals surface area contributed by atoms with Crippen LogP contribution in [-0.2, 0) is 4.79 Å². The van der Waals surface area contributed by atoms with E-state index in [1.54, 1.807) is 0 Å². The van der Waals surface area contributed by atoms with Gasteiger partial charge in [-0.15, -0.1) is 0 Å². The molecule has 2 nitrogen and oxygen atoms in total. The van der Waals surface area contributed by atoms with Crippen molar-refractivity contribution in [3.63, 3.8) is 0 Å². The maximum Gasteiger partial charge on any atom is 0.309 e. The smallest absolute Gasteiger partial charge is 0.309 e. The number of carbonyl (C=O) groups is 1. The van der Waals surface area contributed by atoms with Gasteiger partial charge in [-0.3, -0.25) is 4.79 Å². The Morgan fingerprint density at radius 2 is 1.79 bits per heavy atom. The van der Waals surface area contributed by atoms with Crippen LogP contribution in [0.3, 0.4) is 0 Å². The van der Waals surface area contributed by atoms with Gasteiger partial charge in [0.15, 0.2) is 0 Å². The molecule has 4 bridgehead atoms. The van der Waals surface area contributed by atoms with E-state index in [4.69, 9.17) is 0 Å². The van der Waals surface area contributed by atoms with Crippen LogP contribution in [-0.4, -0.2) is 15.4 Å². The van der Waals surface area contributed by atoms with Crippen LogP contribution < -0.4 is 0 Å². The summed E-state index contributed by atoms with van der Waals surface area (Å²) in [5.41, 5.74) is -0.367. The number of aliphatic carboxylic acids is 1. The van der Waals surface area contributed by atoms with Crippen LogP contribution >= 0.6 is 15.9 Å². The van der Waals surface area contributed by atoms with Crippen molar-refractivity contribution in [2.45, 2.75) is 42.8 Å². The average molecular weight is 259 g/mol. The molecule has 1 N–H and O–H groups in total. The first kappa shape index (κ1) is 9.20. The standard InChI is InChI=1S/C11H15BrO2/c12-11-4-7-1-8(5-11)3-10(2-7,6-11)9(13)14/h7-8H,1-6H2,(H,13,14)/t7-,8-,10?,11?/m1/s1. The van der Waals surface area contributed by atoms with Crippen molar-refractivity contribution in [2.75, 3.05) is 0 Å². The highest BCUT2D eigenvalue weighted by Gasteiger charge is 2.59. The van der Waals surface area contributed by atoms with Gasteiger partial charge in [-0.05, 0) is 50.4 Å². The fraction of sp³-hybridized carbons (Fsp3) is 0.909. The molecule has 0 spiro atoms. The molecule has 0 heterocycles. The summed E-state index contributed by atoms with van der Waals surface area (Å²) in [4.78, 5) is 11.4. The monoisotopic (exact) mass is 258 g/mol. The van der Waals surface area contributed by atoms with Gasteiger partial charge >= 0.3 is 5.97 Å². The lowest BCUT2D eigenvalue weighted by Gasteiger charge is -2.58. The Morgan fingerprint density at radius 1 is 1.21 bits per heavy atom. The highest BCUT2D eigenvalue weighted by atomic mass is 79.9. The van der Waals surface area contributed by atoms with Gasteiger partial charge < -0.3 is 5.11 Å². The summed E-state index contributed by atoms with van der Waals surface area (Å²) < 4.78 is 0.176. The number of carboxylic acid groups (broad SMARTS) is 1. The van der Waals surface area contributed by atoms with Gasteiger partial charge in [-0.2, -0.15) is 0 Å². The number of halogens is 1. The molecule has 4 rings (SSSR count). The molecule has 4 saturated carbocycles. The minimum absolute atomic E-state index is 0.176. The van der Waals surface area contributed by atoms with Crippen LogP contribution in [0.25, 0.3) is 0 Å². The molecule has 4 aliphatic carbocycles. The van der Waals surface area contributed by atoms with Crippen LogP contribution in [0.15, 0.2) is 0 Å². The largest absolute Gasteiger partial charge is 0.481 e. The van der Waals surface area contributed by atoms with Crippen LogP contribution in [0.4, 0.5) is 0 Å². The third-order valence-electron chi connectivity index (χ3n) is 4.44. The quantitative estimate of drug-likeness (QED) is 0.735. The number of hydrogen-bond acceptors (Lipinski definition) is 1. The molecule has 14 heavy (non-hydrogen) atoms. The normalized spacial score (nSPS) is 54.9. The second-order valence-corrected chi connectivity index (χ2v) is 7.38. The molecule has 0 amide bonds. The zero-order valence-electron chi connectivity index (χ0n) is 8.13. The number of hydrogen-bond donors (Lipinski definition) is 1. The second-order valence-electron chi connectivity index (χ2n) is 5.70. The molecule has 0 aromatic heterocycles. The predicted molar refractivity (Wildman–Crippen MR) is 56.4 cm³/mol. The van der Waals surface area contributed by atoms with Gasteiger partial charge in [0.1, 0.15) is 0 Å². The zero-order valence-corrected chi connectivity index (χ0v) is 9.72. The van der Waals surface area contributed by atoms with Crippen molar-refractivity contribution in [2.24, 2.45) is 17.3 Å². The Morgan fingerprint density at radius 3 is 2.21 bits per heavy atom. The Hall–Kier alpha value is -0.0500. The van der Waals surface area contributed by atoms with Crippen LogP contribution in [0.5, 0.6) is 0 Å². The fourth-order valence-electron chi connectivity index (χ4n) is 4.40. The molecular weight excluding hydrogens is 244 g/mol. The van der Waals surface area contributed by atoms with E-state index in [1.807, 2.05) is 0 Å². The highest BCUT2D eigenvalue weighted by molar-refractivity contribution is 9.10. The Balaban J connectivity index is 2.00. The van der Waals surface area contributed by atoms with Crippen molar-refractivity contribution in [3.05, 3.63) is 0 Å². The summed E-state index contributed by atoms with van der Waals surface area (Å²) in [6.07, 6.45) is 6.43. The van der Waals surface area contributed by atoms with Gasteiger partial charge in [0, 0.05) is 4.32 Å².